The number of nitrogens with one attached hydrogen (secondary N) is 1. The smallest absolute Gasteiger partial charge is 0.326 e. The molecule has 1 atom stereocenters. The summed E-state index contributed by atoms with van der Waals surface area (Å²) < 4.78 is 0. The maximum Gasteiger partial charge on any atom is 0.326 e. The van der Waals surface area contributed by atoms with Crippen LogP contribution in [0.1, 0.15) is 6.42 Å². The first-order valence-corrected chi connectivity index (χ1v) is 2.96. The molecule has 1 heterocycles. The molecule has 0 amide bonds. The zero-order valence-electron chi connectivity index (χ0n) is 5.37. The van der Waals surface area contributed by atoms with Gasteiger partial charge in [0.1, 0.15) is 6.04 Å². The van der Waals surface area contributed by atoms with Crippen molar-refractivity contribution in [1.82, 2.24) is 4.90 Å². The van der Waals surface area contributed by atoms with Gasteiger partial charge in [-0.05, 0) is 6.42 Å². The Morgan fingerprint density at radius 3 is 2.50 bits per heavy atom. The Bertz CT molecular complexity index is 160. The van der Waals surface area contributed by atoms with Gasteiger partial charge in [0.25, 0.3) is 0 Å². The number of nitrogens with zero attached hydrogens (tertiary/aromatic N) is 1. The number of likely N-dealkylation sites (tertiary alicyclic amines) is 1. The molecule has 0 aromatic rings. The van der Waals surface area contributed by atoms with Crippen LogP contribution in [0.25, 0.3) is 0 Å². The molecule has 4 N–H and O–H groups in total. The van der Waals surface area contributed by atoms with Crippen molar-refractivity contribution < 1.29 is 9.90 Å². The van der Waals surface area contributed by atoms with Crippen molar-refractivity contribution in [1.29, 1.82) is 5.41 Å². The Morgan fingerprint density at radius 1 is 1.80 bits per heavy atom. The van der Waals surface area contributed by atoms with Crippen LogP contribution >= 0.6 is 0 Å². The zero-order valence-corrected chi connectivity index (χ0v) is 5.37. The second kappa shape index (κ2) is 2.17. The van der Waals surface area contributed by atoms with Gasteiger partial charge in [-0.25, -0.2) is 4.79 Å². The van der Waals surface area contributed by atoms with E-state index in [1.165, 1.54) is 4.90 Å². The van der Waals surface area contributed by atoms with Crippen molar-refractivity contribution >= 4 is 11.9 Å². The van der Waals surface area contributed by atoms with Gasteiger partial charge in [0, 0.05) is 6.54 Å². The minimum absolute atomic E-state index is 0.154. The molecule has 0 unspecified atom stereocenters. The largest absolute Gasteiger partial charge is 0.480 e. The van der Waals surface area contributed by atoms with Crippen molar-refractivity contribution in [3.8, 4) is 0 Å². The number of guanidine groups is 1. The molecule has 1 rings (SSSR count). The maximum absolute atomic E-state index is 10.3. The van der Waals surface area contributed by atoms with E-state index in [-0.39, 0.29) is 5.96 Å². The molecule has 0 saturated carbocycles. The summed E-state index contributed by atoms with van der Waals surface area (Å²) in [6.45, 7) is 0.590. The predicted molar refractivity (Wildman–Crippen MR) is 34.7 cm³/mol. The van der Waals surface area contributed by atoms with Gasteiger partial charge in [-0.15, -0.1) is 0 Å². The minimum Gasteiger partial charge on any atom is -0.480 e. The number of hydrogen-bond acceptors (Lipinski definition) is 2. The van der Waals surface area contributed by atoms with Gasteiger partial charge in [0.15, 0.2) is 5.96 Å². The van der Waals surface area contributed by atoms with Crippen LogP contribution in [0.15, 0.2) is 0 Å². The number of carboxylic acids is 1. The normalized spacial score (nSPS) is 23.6. The quantitative estimate of drug-likeness (QED) is 0.325. The minimum atomic E-state index is -0.901. The van der Waals surface area contributed by atoms with Gasteiger partial charge in [-0.3, -0.25) is 5.41 Å². The highest BCUT2D eigenvalue weighted by Gasteiger charge is 2.34. The van der Waals surface area contributed by atoms with Gasteiger partial charge in [-0.1, -0.05) is 0 Å². The van der Waals surface area contributed by atoms with Crippen LogP contribution in [0.3, 0.4) is 0 Å². The third-order valence-electron chi connectivity index (χ3n) is 1.61. The van der Waals surface area contributed by atoms with E-state index in [9.17, 15) is 4.79 Å². The summed E-state index contributed by atoms with van der Waals surface area (Å²) in [5.74, 6) is -1.06. The number of rotatable bonds is 1. The lowest BCUT2D eigenvalue weighted by Gasteiger charge is -2.37. The van der Waals surface area contributed by atoms with E-state index in [0.717, 1.165) is 0 Å². The van der Waals surface area contributed by atoms with Crippen molar-refractivity contribution in [3.05, 3.63) is 0 Å². The highest BCUT2D eigenvalue weighted by Crippen LogP contribution is 2.15. The Morgan fingerprint density at radius 2 is 2.40 bits per heavy atom. The van der Waals surface area contributed by atoms with E-state index in [4.69, 9.17) is 16.2 Å². The molecular formula is C5H9N3O2. The summed E-state index contributed by atoms with van der Waals surface area (Å²) in [6.07, 6.45) is 0.592. The topological polar surface area (TPSA) is 90.4 Å². The first-order chi connectivity index (χ1) is 4.63. The third kappa shape index (κ3) is 0.896. The van der Waals surface area contributed by atoms with Crippen LogP contribution in [0.4, 0.5) is 0 Å². The average Bonchev–Trinajstić information content (AvgIpc) is 1.56. The number of carboxylic acid groups (broad SMARTS) is 1. The van der Waals surface area contributed by atoms with Crippen molar-refractivity contribution in [2.45, 2.75) is 12.5 Å². The molecule has 0 radical (unpaired) electrons. The molecule has 0 aliphatic carbocycles. The van der Waals surface area contributed by atoms with E-state index in [2.05, 4.69) is 0 Å². The van der Waals surface area contributed by atoms with Crippen LogP contribution in [0, 0.1) is 5.41 Å². The van der Waals surface area contributed by atoms with Crippen molar-refractivity contribution in [2.75, 3.05) is 6.54 Å². The Labute approximate surface area is 57.9 Å². The lowest BCUT2D eigenvalue weighted by molar-refractivity contribution is -0.145. The number of carbonyl (C=O) groups is 1. The van der Waals surface area contributed by atoms with Gasteiger partial charge >= 0.3 is 5.97 Å². The summed E-state index contributed by atoms with van der Waals surface area (Å²) >= 11 is 0. The molecule has 56 valence electrons. The summed E-state index contributed by atoms with van der Waals surface area (Å²) in [6, 6.07) is -0.558. The van der Waals surface area contributed by atoms with E-state index >= 15 is 0 Å². The molecule has 5 nitrogen and oxygen atoms in total. The molecule has 5 heteroatoms. The third-order valence-corrected chi connectivity index (χ3v) is 1.61. The fourth-order valence-corrected chi connectivity index (χ4v) is 0.932. The van der Waals surface area contributed by atoms with E-state index in [1.807, 2.05) is 0 Å². The molecular weight excluding hydrogens is 134 g/mol. The van der Waals surface area contributed by atoms with Gasteiger partial charge in [-0.2, -0.15) is 0 Å². The first kappa shape index (κ1) is 6.85. The zero-order chi connectivity index (χ0) is 7.72. The highest BCUT2D eigenvalue weighted by atomic mass is 16.4. The number of hydrogen-bond donors (Lipinski definition) is 3. The summed E-state index contributed by atoms with van der Waals surface area (Å²) in [7, 11) is 0. The lowest BCUT2D eigenvalue weighted by atomic mass is 10.0. The average molecular weight is 143 g/mol. The molecule has 0 aromatic heterocycles. The molecule has 1 aliphatic rings. The molecule has 1 saturated heterocycles. The Kier molecular flexibility index (Phi) is 1.48. The summed E-state index contributed by atoms with van der Waals surface area (Å²) in [4.78, 5) is 11.7. The second-order valence-corrected chi connectivity index (χ2v) is 2.22. The van der Waals surface area contributed by atoms with Crippen LogP contribution in [0.2, 0.25) is 0 Å². The molecule has 10 heavy (non-hydrogen) atoms. The molecule has 0 bridgehead atoms. The summed E-state index contributed by atoms with van der Waals surface area (Å²) in [5, 5.41) is 15.4. The van der Waals surface area contributed by atoms with Crippen molar-refractivity contribution in [2.24, 2.45) is 5.73 Å². The molecule has 0 aromatic carbocycles. The van der Waals surface area contributed by atoms with Crippen LogP contribution in [-0.2, 0) is 4.79 Å². The summed E-state index contributed by atoms with van der Waals surface area (Å²) in [5.41, 5.74) is 5.07. The number of nitrogens with two attached hydrogens (primary N) is 1. The van der Waals surface area contributed by atoms with E-state index in [0.29, 0.717) is 13.0 Å². The Hall–Kier alpha value is -1.26. The lowest BCUT2D eigenvalue weighted by Crippen LogP contribution is -2.57. The first-order valence-electron chi connectivity index (χ1n) is 2.96. The SMILES string of the molecule is N=C(N)N1CC[C@H]1C(=O)O. The van der Waals surface area contributed by atoms with Crippen LogP contribution in [0.5, 0.6) is 0 Å². The maximum atomic E-state index is 10.3. The fraction of sp³-hybridized carbons (Fsp3) is 0.600. The van der Waals surface area contributed by atoms with E-state index in [1.54, 1.807) is 0 Å². The molecule has 1 fully saturated rings. The molecule has 1 aliphatic heterocycles. The Balaban J connectivity index is 2.51. The fourth-order valence-electron chi connectivity index (χ4n) is 0.932. The van der Waals surface area contributed by atoms with Gasteiger partial charge in [0.2, 0.25) is 0 Å². The second-order valence-electron chi connectivity index (χ2n) is 2.22. The standard InChI is InChI=1S/C5H9N3O2/c6-5(7)8-2-1-3(8)4(9)10/h3H,1-2H2,(H3,6,7)(H,9,10)/t3-/m0/s1. The number of aliphatic carboxylic acids is 1. The monoisotopic (exact) mass is 143 g/mol. The van der Waals surface area contributed by atoms with Gasteiger partial charge in [0.05, 0.1) is 0 Å². The highest BCUT2D eigenvalue weighted by molar-refractivity contribution is 5.84. The van der Waals surface area contributed by atoms with Crippen LogP contribution in [-0.4, -0.2) is 34.5 Å². The van der Waals surface area contributed by atoms with Crippen LogP contribution < -0.4 is 5.73 Å². The predicted octanol–water partition coefficient (Wildman–Crippen LogP) is -0.961. The van der Waals surface area contributed by atoms with E-state index < -0.39 is 12.0 Å². The molecule has 0 spiro atoms. The van der Waals surface area contributed by atoms with Gasteiger partial charge < -0.3 is 15.7 Å². The van der Waals surface area contributed by atoms with Crippen molar-refractivity contribution in [3.63, 3.8) is 0 Å².